The second-order valence-corrected chi connectivity index (χ2v) is 6.70. The van der Waals surface area contributed by atoms with Gasteiger partial charge < -0.3 is 4.90 Å². The van der Waals surface area contributed by atoms with Crippen LogP contribution in [-0.2, 0) is 11.3 Å². The molecule has 0 bridgehead atoms. The maximum atomic E-state index is 13.2. The van der Waals surface area contributed by atoms with E-state index < -0.39 is 6.04 Å². The minimum Gasteiger partial charge on any atom is -0.338 e. The molecule has 1 amide bonds. The predicted octanol–water partition coefficient (Wildman–Crippen LogP) is 2.69. The lowest BCUT2D eigenvalue weighted by Crippen LogP contribution is -2.38. The first-order chi connectivity index (χ1) is 11.5. The van der Waals surface area contributed by atoms with Crippen LogP contribution in [0.15, 0.2) is 30.3 Å². The highest BCUT2D eigenvalue weighted by atomic mass is 19.1. The van der Waals surface area contributed by atoms with Crippen LogP contribution in [0.2, 0.25) is 0 Å². The van der Waals surface area contributed by atoms with E-state index in [1.165, 1.54) is 25.0 Å². The zero-order chi connectivity index (χ0) is 17.3. The normalized spacial score (nSPS) is 15.5. The van der Waals surface area contributed by atoms with Crippen molar-refractivity contribution in [2.24, 2.45) is 0 Å². The largest absolute Gasteiger partial charge is 0.338 e. The first-order valence-electron chi connectivity index (χ1n) is 8.16. The van der Waals surface area contributed by atoms with Crippen molar-refractivity contribution in [1.29, 1.82) is 0 Å². The maximum absolute atomic E-state index is 13.2. The molecule has 1 aliphatic rings. The third kappa shape index (κ3) is 3.64. The summed E-state index contributed by atoms with van der Waals surface area (Å²) in [6.07, 6.45) is 2.40. The molecule has 1 fully saturated rings. The zero-order valence-electron chi connectivity index (χ0n) is 14.3. The van der Waals surface area contributed by atoms with Gasteiger partial charge in [0.2, 0.25) is 5.91 Å². The van der Waals surface area contributed by atoms with Crippen LogP contribution in [0, 0.1) is 5.82 Å². The number of halogens is 1. The first-order valence-corrected chi connectivity index (χ1v) is 8.16. The number of rotatable bonds is 6. The van der Waals surface area contributed by atoms with Gasteiger partial charge in [-0.05, 0) is 50.7 Å². The first kappa shape index (κ1) is 16.6. The van der Waals surface area contributed by atoms with E-state index in [-0.39, 0.29) is 11.7 Å². The van der Waals surface area contributed by atoms with Gasteiger partial charge >= 0.3 is 0 Å². The van der Waals surface area contributed by atoms with Crippen molar-refractivity contribution in [3.05, 3.63) is 53.1 Å². The number of H-pyrrole nitrogens is 1. The number of hydrogen-bond donors (Lipinski definition) is 1. The zero-order valence-corrected chi connectivity index (χ0v) is 14.3. The SMILES string of the molecule is CN(Cc1cc(C2CC2)n[nH]1)C(=O)[C@@H](c1ccc(F)cc1)N(C)C. The van der Waals surface area contributed by atoms with Crippen molar-refractivity contribution in [1.82, 2.24) is 20.0 Å². The van der Waals surface area contributed by atoms with E-state index in [9.17, 15) is 9.18 Å². The standard InChI is InChI=1S/C18H23FN4O/c1-22(2)17(13-6-8-14(19)9-7-13)18(24)23(3)11-15-10-16(21-20-15)12-4-5-12/h6-10,12,17H,4-5,11H2,1-3H3,(H,20,21)/t17-/m1/s1. The van der Waals surface area contributed by atoms with Crippen molar-refractivity contribution >= 4 is 5.91 Å². The van der Waals surface area contributed by atoms with Gasteiger partial charge in [-0.2, -0.15) is 5.10 Å². The van der Waals surface area contributed by atoms with Crippen LogP contribution in [0.25, 0.3) is 0 Å². The van der Waals surface area contributed by atoms with Gasteiger partial charge in [-0.25, -0.2) is 4.39 Å². The van der Waals surface area contributed by atoms with Gasteiger partial charge in [0.15, 0.2) is 0 Å². The van der Waals surface area contributed by atoms with E-state index in [1.807, 2.05) is 25.1 Å². The minimum absolute atomic E-state index is 0.0332. The summed E-state index contributed by atoms with van der Waals surface area (Å²) in [7, 11) is 5.47. The summed E-state index contributed by atoms with van der Waals surface area (Å²) in [5.74, 6) is 0.251. The molecule has 5 nitrogen and oxygen atoms in total. The highest BCUT2D eigenvalue weighted by Crippen LogP contribution is 2.39. The predicted molar refractivity (Wildman–Crippen MR) is 89.9 cm³/mol. The van der Waals surface area contributed by atoms with Crippen molar-refractivity contribution in [2.75, 3.05) is 21.1 Å². The van der Waals surface area contributed by atoms with Crippen LogP contribution < -0.4 is 0 Å². The van der Waals surface area contributed by atoms with Crippen LogP contribution in [0.5, 0.6) is 0 Å². The number of nitrogens with zero attached hydrogens (tertiary/aromatic N) is 3. The Hall–Kier alpha value is -2.21. The number of hydrogen-bond acceptors (Lipinski definition) is 3. The third-order valence-electron chi connectivity index (χ3n) is 4.37. The topological polar surface area (TPSA) is 52.2 Å². The van der Waals surface area contributed by atoms with Gasteiger partial charge in [-0.1, -0.05) is 12.1 Å². The average molecular weight is 330 g/mol. The van der Waals surface area contributed by atoms with Crippen molar-refractivity contribution < 1.29 is 9.18 Å². The Morgan fingerprint density at radius 2 is 1.96 bits per heavy atom. The molecular weight excluding hydrogens is 307 g/mol. The van der Waals surface area contributed by atoms with Crippen LogP contribution in [-0.4, -0.2) is 47.0 Å². The minimum atomic E-state index is -0.443. The quantitative estimate of drug-likeness (QED) is 0.886. The van der Waals surface area contributed by atoms with Crippen molar-refractivity contribution in [3.8, 4) is 0 Å². The number of amides is 1. The summed E-state index contributed by atoms with van der Waals surface area (Å²) in [4.78, 5) is 16.4. The lowest BCUT2D eigenvalue weighted by atomic mass is 10.0. The Morgan fingerprint density at radius 1 is 1.29 bits per heavy atom. The molecule has 6 heteroatoms. The van der Waals surface area contributed by atoms with Gasteiger partial charge in [0, 0.05) is 13.0 Å². The fraction of sp³-hybridized carbons (Fsp3) is 0.444. The second kappa shape index (κ2) is 6.73. The molecule has 1 saturated carbocycles. The molecule has 1 heterocycles. The molecule has 0 aliphatic heterocycles. The van der Waals surface area contributed by atoms with E-state index in [4.69, 9.17) is 0 Å². The Balaban J connectivity index is 1.72. The Morgan fingerprint density at radius 3 is 2.54 bits per heavy atom. The number of aromatic nitrogens is 2. The fourth-order valence-corrected chi connectivity index (χ4v) is 2.90. The molecule has 1 aliphatic carbocycles. The van der Waals surface area contributed by atoms with Crippen LogP contribution in [0.1, 0.15) is 41.8 Å². The highest BCUT2D eigenvalue weighted by molar-refractivity contribution is 5.83. The maximum Gasteiger partial charge on any atom is 0.244 e. The molecule has 24 heavy (non-hydrogen) atoms. The monoisotopic (exact) mass is 330 g/mol. The number of nitrogens with one attached hydrogen (secondary N) is 1. The van der Waals surface area contributed by atoms with E-state index in [1.54, 1.807) is 24.1 Å². The van der Waals surface area contributed by atoms with Crippen LogP contribution in [0.4, 0.5) is 4.39 Å². The fourth-order valence-electron chi connectivity index (χ4n) is 2.90. The summed E-state index contributed by atoms with van der Waals surface area (Å²) >= 11 is 0. The molecular formula is C18H23FN4O. The Bertz CT molecular complexity index is 706. The smallest absolute Gasteiger partial charge is 0.244 e. The molecule has 1 N–H and O–H groups in total. The summed E-state index contributed by atoms with van der Waals surface area (Å²) in [5.41, 5.74) is 2.81. The molecule has 0 saturated heterocycles. The van der Waals surface area contributed by atoms with Gasteiger partial charge in [-0.3, -0.25) is 14.8 Å². The summed E-state index contributed by atoms with van der Waals surface area (Å²) in [5, 5.41) is 7.34. The average Bonchev–Trinajstić information content (AvgIpc) is 3.29. The molecule has 0 radical (unpaired) electrons. The van der Waals surface area contributed by atoms with Crippen molar-refractivity contribution in [2.45, 2.75) is 31.3 Å². The number of likely N-dealkylation sites (N-methyl/N-ethyl adjacent to an activating group) is 2. The molecule has 1 aromatic carbocycles. The molecule has 0 unspecified atom stereocenters. The molecule has 2 aromatic rings. The van der Waals surface area contributed by atoms with Gasteiger partial charge in [0.25, 0.3) is 0 Å². The summed E-state index contributed by atoms with van der Waals surface area (Å²) < 4.78 is 13.2. The second-order valence-electron chi connectivity index (χ2n) is 6.70. The molecule has 3 rings (SSSR count). The number of carbonyl (C=O) groups excluding carboxylic acids is 1. The molecule has 0 spiro atoms. The van der Waals surface area contributed by atoms with Gasteiger partial charge in [0.1, 0.15) is 11.9 Å². The Kier molecular flexibility index (Phi) is 4.66. The van der Waals surface area contributed by atoms with E-state index in [0.29, 0.717) is 12.5 Å². The molecule has 1 atom stereocenters. The van der Waals surface area contributed by atoms with E-state index >= 15 is 0 Å². The van der Waals surface area contributed by atoms with E-state index in [0.717, 1.165) is 17.0 Å². The Labute approximate surface area is 141 Å². The van der Waals surface area contributed by atoms with E-state index in [2.05, 4.69) is 10.2 Å². The van der Waals surface area contributed by atoms with Crippen molar-refractivity contribution in [3.63, 3.8) is 0 Å². The lowest BCUT2D eigenvalue weighted by Gasteiger charge is -2.28. The van der Waals surface area contributed by atoms with Crippen LogP contribution in [0.3, 0.4) is 0 Å². The van der Waals surface area contributed by atoms with Gasteiger partial charge in [0.05, 0.1) is 17.9 Å². The highest BCUT2D eigenvalue weighted by Gasteiger charge is 2.28. The van der Waals surface area contributed by atoms with Gasteiger partial charge in [-0.15, -0.1) is 0 Å². The van der Waals surface area contributed by atoms with Crippen LogP contribution >= 0.6 is 0 Å². The number of carbonyl (C=O) groups is 1. The summed E-state index contributed by atoms with van der Waals surface area (Å²) in [6, 6.07) is 7.69. The third-order valence-corrected chi connectivity index (χ3v) is 4.37. The molecule has 1 aromatic heterocycles. The number of benzene rings is 1. The molecule has 128 valence electrons. The lowest BCUT2D eigenvalue weighted by molar-refractivity contribution is -0.135. The summed E-state index contributed by atoms with van der Waals surface area (Å²) in [6.45, 7) is 0.476. The number of aromatic amines is 1.